The van der Waals surface area contributed by atoms with Crippen molar-refractivity contribution in [2.45, 2.75) is 19.1 Å². The van der Waals surface area contributed by atoms with Crippen LogP contribution in [-0.4, -0.2) is 68.6 Å². The number of hydrogen-bond acceptors (Lipinski definition) is 8. The third kappa shape index (κ3) is 4.52. The minimum absolute atomic E-state index is 0.0762. The molecule has 10 heteroatoms. The van der Waals surface area contributed by atoms with Gasteiger partial charge in [0.2, 0.25) is 0 Å². The molecular weight excluding hydrogens is 485 g/mol. The Morgan fingerprint density at radius 1 is 1.11 bits per heavy atom. The van der Waals surface area contributed by atoms with Gasteiger partial charge in [0, 0.05) is 36.9 Å². The minimum Gasteiger partial charge on any atom is -0.488 e. The summed E-state index contributed by atoms with van der Waals surface area (Å²) in [6.07, 6.45) is 6.66. The zero-order valence-corrected chi connectivity index (χ0v) is 21.4. The number of likely N-dealkylation sites (N-methyl/N-ethyl adjacent to an activating group) is 1. The molecule has 6 rings (SSSR count). The van der Waals surface area contributed by atoms with Gasteiger partial charge in [-0.25, -0.2) is 14.4 Å². The molecule has 0 bridgehead atoms. The van der Waals surface area contributed by atoms with E-state index in [0.717, 1.165) is 17.7 Å². The number of aryl methyl sites for hydroxylation is 1. The highest BCUT2D eigenvalue weighted by atomic mass is 19.1. The Balaban J connectivity index is 1.46. The van der Waals surface area contributed by atoms with Crippen molar-refractivity contribution < 1.29 is 13.9 Å². The van der Waals surface area contributed by atoms with Crippen LogP contribution in [0.15, 0.2) is 61.3 Å². The van der Waals surface area contributed by atoms with E-state index in [4.69, 9.17) is 9.47 Å². The Hall–Kier alpha value is -4.15. The Bertz CT molecular complexity index is 1620. The predicted molar refractivity (Wildman–Crippen MR) is 144 cm³/mol. The molecule has 0 unspecified atom stereocenters. The average molecular weight is 514 g/mol. The van der Waals surface area contributed by atoms with E-state index in [1.165, 1.54) is 6.33 Å². The first kappa shape index (κ1) is 24.2. The van der Waals surface area contributed by atoms with Crippen molar-refractivity contribution in [1.82, 2.24) is 29.6 Å². The van der Waals surface area contributed by atoms with Crippen LogP contribution in [-0.2, 0) is 11.8 Å². The molecular formula is C28H28FN7O2. The van der Waals surface area contributed by atoms with E-state index in [0.29, 0.717) is 52.3 Å². The molecule has 0 radical (unpaired) electrons. The lowest BCUT2D eigenvalue weighted by molar-refractivity contribution is -0.0343. The maximum Gasteiger partial charge on any atom is 0.156 e. The summed E-state index contributed by atoms with van der Waals surface area (Å²) in [5.41, 5.74) is 3.39. The van der Waals surface area contributed by atoms with Gasteiger partial charge in [0.15, 0.2) is 5.82 Å². The molecule has 2 aromatic carbocycles. The molecule has 0 spiro atoms. The molecule has 4 heterocycles. The molecule has 1 saturated heterocycles. The van der Waals surface area contributed by atoms with Crippen LogP contribution in [0.2, 0.25) is 0 Å². The van der Waals surface area contributed by atoms with Crippen LogP contribution in [0, 0.1) is 5.82 Å². The van der Waals surface area contributed by atoms with Gasteiger partial charge in [0.1, 0.15) is 24.0 Å². The number of nitrogens with zero attached hydrogens (tertiary/aromatic N) is 6. The highest BCUT2D eigenvalue weighted by molar-refractivity contribution is 5.99. The van der Waals surface area contributed by atoms with Crippen molar-refractivity contribution in [1.29, 1.82) is 0 Å². The molecule has 38 heavy (non-hydrogen) atoms. The summed E-state index contributed by atoms with van der Waals surface area (Å²) >= 11 is 0. The average Bonchev–Trinajstić information content (AvgIpc) is 3.37. The second-order valence-corrected chi connectivity index (χ2v) is 9.56. The van der Waals surface area contributed by atoms with E-state index in [1.54, 1.807) is 41.3 Å². The molecule has 9 nitrogen and oxygen atoms in total. The van der Waals surface area contributed by atoms with E-state index < -0.39 is 5.82 Å². The van der Waals surface area contributed by atoms with Crippen LogP contribution >= 0.6 is 0 Å². The fourth-order valence-corrected chi connectivity index (χ4v) is 4.90. The van der Waals surface area contributed by atoms with Gasteiger partial charge >= 0.3 is 0 Å². The van der Waals surface area contributed by atoms with Crippen molar-refractivity contribution in [2.75, 3.05) is 32.1 Å². The van der Waals surface area contributed by atoms with Crippen molar-refractivity contribution in [3.63, 3.8) is 0 Å². The summed E-state index contributed by atoms with van der Waals surface area (Å²) in [5.74, 6) is 0.648. The molecule has 1 fully saturated rings. The SMILES string of the molecule is C[C@H](Oc1cc(-c2cnn(C)c2)cc2ncnc(Nc3ccc4ncccc4c3F)c12)[C@@H]1COCCN1C. The molecule has 194 valence electrons. The van der Waals surface area contributed by atoms with Crippen LogP contribution in [0.1, 0.15) is 6.92 Å². The highest BCUT2D eigenvalue weighted by Crippen LogP contribution is 2.38. The van der Waals surface area contributed by atoms with Gasteiger partial charge in [-0.1, -0.05) is 0 Å². The number of morpholine rings is 1. The first-order chi connectivity index (χ1) is 18.5. The molecule has 0 amide bonds. The Kier molecular flexibility index (Phi) is 6.34. The Morgan fingerprint density at radius 3 is 2.82 bits per heavy atom. The zero-order chi connectivity index (χ0) is 26.2. The van der Waals surface area contributed by atoms with Crippen LogP contribution in [0.5, 0.6) is 5.75 Å². The van der Waals surface area contributed by atoms with Crippen molar-refractivity contribution in [3.8, 4) is 16.9 Å². The number of fused-ring (bicyclic) bond motifs is 2. The topological polar surface area (TPSA) is 90.2 Å². The second-order valence-electron chi connectivity index (χ2n) is 9.56. The molecule has 0 aliphatic carbocycles. The molecule has 2 atom stereocenters. The van der Waals surface area contributed by atoms with Crippen LogP contribution < -0.4 is 10.1 Å². The number of halogens is 1. The van der Waals surface area contributed by atoms with Crippen LogP contribution in [0.4, 0.5) is 15.9 Å². The van der Waals surface area contributed by atoms with Gasteiger partial charge < -0.3 is 14.8 Å². The third-order valence-electron chi connectivity index (χ3n) is 7.01. The summed E-state index contributed by atoms with van der Waals surface area (Å²) < 4.78 is 29.5. The summed E-state index contributed by atoms with van der Waals surface area (Å²) in [4.78, 5) is 15.5. The molecule has 1 aliphatic rings. The van der Waals surface area contributed by atoms with Gasteiger partial charge in [-0.3, -0.25) is 14.6 Å². The summed E-state index contributed by atoms with van der Waals surface area (Å²) in [6.45, 7) is 4.15. The third-order valence-corrected chi connectivity index (χ3v) is 7.01. The first-order valence-electron chi connectivity index (χ1n) is 12.5. The number of hydrogen-bond donors (Lipinski definition) is 1. The smallest absolute Gasteiger partial charge is 0.156 e. The lowest BCUT2D eigenvalue weighted by Crippen LogP contribution is -2.50. The first-order valence-corrected chi connectivity index (χ1v) is 12.5. The van der Waals surface area contributed by atoms with E-state index in [-0.39, 0.29) is 12.1 Å². The minimum atomic E-state index is -0.397. The predicted octanol–water partition coefficient (Wildman–Crippen LogP) is 4.56. The van der Waals surface area contributed by atoms with Crippen molar-refractivity contribution in [2.24, 2.45) is 7.05 Å². The number of benzene rings is 2. The van der Waals surface area contributed by atoms with E-state index in [2.05, 4.69) is 37.3 Å². The van der Waals surface area contributed by atoms with Gasteiger partial charge in [-0.05, 0) is 55.9 Å². The number of nitrogens with one attached hydrogen (secondary N) is 1. The van der Waals surface area contributed by atoms with Crippen LogP contribution in [0.25, 0.3) is 32.9 Å². The van der Waals surface area contributed by atoms with Gasteiger partial charge in [0.25, 0.3) is 0 Å². The second kappa shape index (κ2) is 9.96. The number of aromatic nitrogens is 5. The van der Waals surface area contributed by atoms with Crippen molar-refractivity contribution >= 4 is 33.3 Å². The maximum atomic E-state index is 15.4. The van der Waals surface area contributed by atoms with E-state index in [9.17, 15) is 0 Å². The lowest BCUT2D eigenvalue weighted by atomic mass is 10.0. The maximum absolute atomic E-state index is 15.4. The largest absolute Gasteiger partial charge is 0.488 e. The normalized spacial score (nSPS) is 17.1. The number of rotatable bonds is 6. The quantitative estimate of drug-likeness (QED) is 0.354. The zero-order valence-electron chi connectivity index (χ0n) is 21.4. The monoisotopic (exact) mass is 513 g/mol. The fourth-order valence-electron chi connectivity index (χ4n) is 4.90. The summed E-state index contributed by atoms with van der Waals surface area (Å²) in [6, 6.07) is 10.9. The van der Waals surface area contributed by atoms with E-state index >= 15 is 4.39 Å². The number of anilines is 2. The van der Waals surface area contributed by atoms with Gasteiger partial charge in [-0.15, -0.1) is 0 Å². The molecule has 1 N–H and O–H groups in total. The molecule has 1 aliphatic heterocycles. The standard InChI is InChI=1S/C28H28FN7O2/c1-17(24-15-37-10-9-35(24)2)38-25-12-18(19-13-33-36(3)14-19)11-23-26(25)28(32-16-31-23)34-22-7-6-21-20(27(22)29)5-4-8-30-21/h4-8,11-14,16-17,24H,9-10,15H2,1-3H3,(H,31,32,34)/t17-,24-/m0/s1. The molecule has 5 aromatic rings. The highest BCUT2D eigenvalue weighted by Gasteiger charge is 2.28. The van der Waals surface area contributed by atoms with Crippen molar-refractivity contribution in [3.05, 3.63) is 67.1 Å². The Morgan fingerprint density at radius 2 is 2.00 bits per heavy atom. The Labute approximate surface area is 219 Å². The summed E-state index contributed by atoms with van der Waals surface area (Å²) in [7, 11) is 3.95. The van der Waals surface area contributed by atoms with E-state index in [1.807, 2.05) is 32.3 Å². The molecule has 0 saturated carbocycles. The lowest BCUT2D eigenvalue weighted by Gasteiger charge is -2.36. The summed E-state index contributed by atoms with van der Waals surface area (Å²) in [5, 5.41) is 8.60. The van der Waals surface area contributed by atoms with Crippen LogP contribution in [0.3, 0.4) is 0 Å². The van der Waals surface area contributed by atoms with Gasteiger partial charge in [-0.2, -0.15) is 5.10 Å². The fraction of sp³-hybridized carbons (Fsp3) is 0.286. The number of pyridine rings is 1. The van der Waals surface area contributed by atoms with Gasteiger partial charge in [0.05, 0.1) is 47.6 Å². The number of ether oxygens (including phenoxy) is 2. The molecule has 3 aromatic heterocycles.